The van der Waals surface area contributed by atoms with Crippen LogP contribution in [0.4, 0.5) is 0 Å². The number of aliphatic hydroxyl groups excluding tert-OH is 1. The molecule has 94 valence electrons. The largest absolute Gasteiger partial charge is 0.393 e. The summed E-state index contributed by atoms with van der Waals surface area (Å²) in [6, 6.07) is 5.64. The highest BCUT2D eigenvalue weighted by molar-refractivity contribution is 14.1. The van der Waals surface area contributed by atoms with Crippen molar-refractivity contribution in [1.29, 1.82) is 0 Å². The van der Waals surface area contributed by atoms with E-state index in [1.54, 1.807) is 0 Å². The molecule has 3 nitrogen and oxygen atoms in total. The number of aryl methyl sites for hydroxylation is 1. The highest BCUT2D eigenvalue weighted by Crippen LogP contribution is 2.13. The van der Waals surface area contributed by atoms with Gasteiger partial charge in [0.2, 0.25) is 0 Å². The van der Waals surface area contributed by atoms with Crippen molar-refractivity contribution in [3.63, 3.8) is 0 Å². The Labute approximate surface area is 116 Å². The summed E-state index contributed by atoms with van der Waals surface area (Å²) in [4.78, 5) is 11.8. The first-order chi connectivity index (χ1) is 8.04. The van der Waals surface area contributed by atoms with Crippen LogP contribution in [0.1, 0.15) is 35.7 Å². The van der Waals surface area contributed by atoms with Crippen LogP contribution >= 0.6 is 22.6 Å². The van der Waals surface area contributed by atoms with E-state index in [1.165, 1.54) is 0 Å². The summed E-state index contributed by atoms with van der Waals surface area (Å²) in [5.41, 5.74) is 1.78. The molecule has 0 aromatic heterocycles. The Morgan fingerprint density at radius 2 is 2.24 bits per heavy atom. The molecule has 2 N–H and O–H groups in total. The number of halogens is 1. The molecule has 1 rings (SSSR count). The molecular formula is C13H18INO2. The van der Waals surface area contributed by atoms with E-state index in [0.29, 0.717) is 18.5 Å². The van der Waals surface area contributed by atoms with E-state index in [4.69, 9.17) is 0 Å². The lowest BCUT2D eigenvalue weighted by Crippen LogP contribution is -2.27. The highest BCUT2D eigenvalue weighted by Gasteiger charge is 2.07. The summed E-state index contributed by atoms with van der Waals surface area (Å²) in [7, 11) is 0. The van der Waals surface area contributed by atoms with Crippen LogP contribution in [0.3, 0.4) is 0 Å². The first-order valence-electron chi connectivity index (χ1n) is 5.77. The second kappa shape index (κ2) is 6.96. The van der Waals surface area contributed by atoms with Crippen molar-refractivity contribution in [3.8, 4) is 0 Å². The quantitative estimate of drug-likeness (QED) is 0.804. The second-order valence-electron chi connectivity index (χ2n) is 4.07. The topological polar surface area (TPSA) is 49.3 Å². The zero-order valence-electron chi connectivity index (χ0n) is 10.2. The molecule has 0 radical (unpaired) electrons. The van der Waals surface area contributed by atoms with Crippen LogP contribution in [0, 0.1) is 10.5 Å². The summed E-state index contributed by atoms with van der Waals surface area (Å²) < 4.78 is 1.15. The summed E-state index contributed by atoms with van der Waals surface area (Å²) in [6.07, 6.45) is 0.998. The van der Waals surface area contributed by atoms with Crippen LogP contribution < -0.4 is 5.32 Å². The van der Waals surface area contributed by atoms with Gasteiger partial charge in [-0.05, 0) is 66.1 Å². The van der Waals surface area contributed by atoms with E-state index in [9.17, 15) is 9.90 Å². The minimum Gasteiger partial charge on any atom is -0.393 e. The van der Waals surface area contributed by atoms with Crippen molar-refractivity contribution >= 4 is 28.5 Å². The predicted octanol–water partition coefficient (Wildman–Crippen LogP) is 2.49. The SMILES string of the molecule is CCC(O)CCNC(=O)c1ccc(I)c(C)c1. The van der Waals surface area contributed by atoms with Crippen molar-refractivity contribution in [2.24, 2.45) is 0 Å². The molecule has 0 bridgehead atoms. The van der Waals surface area contributed by atoms with E-state index in [2.05, 4.69) is 27.9 Å². The van der Waals surface area contributed by atoms with Crippen molar-refractivity contribution < 1.29 is 9.90 Å². The monoisotopic (exact) mass is 347 g/mol. The van der Waals surface area contributed by atoms with Crippen LogP contribution in [0.2, 0.25) is 0 Å². The van der Waals surface area contributed by atoms with Crippen LogP contribution in [-0.4, -0.2) is 23.7 Å². The molecule has 1 aromatic rings. The van der Waals surface area contributed by atoms with E-state index in [1.807, 2.05) is 32.0 Å². The third kappa shape index (κ3) is 4.63. The van der Waals surface area contributed by atoms with Gasteiger partial charge in [0, 0.05) is 15.7 Å². The maximum atomic E-state index is 11.8. The molecule has 1 unspecified atom stereocenters. The van der Waals surface area contributed by atoms with E-state index >= 15 is 0 Å². The first-order valence-corrected chi connectivity index (χ1v) is 6.85. The molecule has 0 saturated heterocycles. The summed E-state index contributed by atoms with van der Waals surface area (Å²) >= 11 is 2.24. The van der Waals surface area contributed by atoms with Gasteiger partial charge >= 0.3 is 0 Å². The number of amides is 1. The van der Waals surface area contributed by atoms with Gasteiger partial charge in [-0.3, -0.25) is 4.79 Å². The lowest BCUT2D eigenvalue weighted by atomic mass is 10.1. The second-order valence-corrected chi connectivity index (χ2v) is 5.23. The maximum Gasteiger partial charge on any atom is 0.251 e. The van der Waals surface area contributed by atoms with Crippen molar-refractivity contribution in [1.82, 2.24) is 5.32 Å². The fourth-order valence-electron chi connectivity index (χ4n) is 1.44. The molecule has 0 fully saturated rings. The van der Waals surface area contributed by atoms with Gasteiger partial charge in [0.05, 0.1) is 6.10 Å². The number of hydrogen-bond donors (Lipinski definition) is 2. The highest BCUT2D eigenvalue weighted by atomic mass is 127. The molecule has 0 saturated carbocycles. The summed E-state index contributed by atoms with van der Waals surface area (Å²) in [6.45, 7) is 4.42. The molecular weight excluding hydrogens is 329 g/mol. The Kier molecular flexibility index (Phi) is 5.91. The number of nitrogens with one attached hydrogen (secondary N) is 1. The number of rotatable bonds is 5. The fraction of sp³-hybridized carbons (Fsp3) is 0.462. The minimum absolute atomic E-state index is 0.0761. The van der Waals surface area contributed by atoms with Crippen molar-refractivity contribution in [3.05, 3.63) is 32.9 Å². The van der Waals surface area contributed by atoms with Crippen LogP contribution in [0.25, 0.3) is 0 Å². The molecule has 1 aromatic carbocycles. The molecule has 0 aliphatic rings. The number of benzene rings is 1. The van der Waals surface area contributed by atoms with E-state index in [0.717, 1.165) is 15.6 Å². The summed E-state index contributed by atoms with van der Waals surface area (Å²) in [5.74, 6) is -0.0761. The normalized spacial score (nSPS) is 12.2. The first kappa shape index (κ1) is 14.4. The Bertz CT molecular complexity index is 393. The molecule has 1 amide bonds. The number of carbonyl (C=O) groups excluding carboxylic acids is 1. The van der Waals surface area contributed by atoms with Gasteiger partial charge in [0.25, 0.3) is 5.91 Å². The fourth-order valence-corrected chi connectivity index (χ4v) is 1.78. The molecule has 0 heterocycles. The summed E-state index contributed by atoms with van der Waals surface area (Å²) in [5, 5.41) is 12.2. The molecule has 17 heavy (non-hydrogen) atoms. The van der Waals surface area contributed by atoms with Gasteiger partial charge in [0.1, 0.15) is 0 Å². The predicted molar refractivity (Wildman–Crippen MR) is 77.1 cm³/mol. The van der Waals surface area contributed by atoms with Crippen molar-refractivity contribution in [2.75, 3.05) is 6.54 Å². The van der Waals surface area contributed by atoms with Gasteiger partial charge in [-0.2, -0.15) is 0 Å². The van der Waals surface area contributed by atoms with Gasteiger partial charge in [-0.15, -0.1) is 0 Å². The molecule has 0 aliphatic carbocycles. The average molecular weight is 347 g/mol. The van der Waals surface area contributed by atoms with E-state index < -0.39 is 0 Å². The lowest BCUT2D eigenvalue weighted by Gasteiger charge is -2.09. The average Bonchev–Trinajstić information content (AvgIpc) is 2.32. The van der Waals surface area contributed by atoms with E-state index in [-0.39, 0.29) is 12.0 Å². The standard InChI is InChI=1S/C13H18INO2/c1-3-11(16)6-7-15-13(17)10-4-5-12(14)9(2)8-10/h4-5,8,11,16H,3,6-7H2,1-2H3,(H,15,17). The number of aliphatic hydroxyl groups is 1. The smallest absolute Gasteiger partial charge is 0.251 e. The van der Waals surface area contributed by atoms with Crippen LogP contribution in [0.15, 0.2) is 18.2 Å². The van der Waals surface area contributed by atoms with Gasteiger partial charge in [-0.1, -0.05) is 6.92 Å². The molecule has 4 heteroatoms. The lowest BCUT2D eigenvalue weighted by molar-refractivity contribution is 0.0942. The van der Waals surface area contributed by atoms with Gasteiger partial charge < -0.3 is 10.4 Å². The zero-order valence-corrected chi connectivity index (χ0v) is 12.3. The third-order valence-electron chi connectivity index (χ3n) is 2.65. The number of carbonyl (C=O) groups is 1. The Hall–Kier alpha value is -0.620. The maximum absolute atomic E-state index is 11.8. The molecule has 0 spiro atoms. The van der Waals surface area contributed by atoms with Gasteiger partial charge in [-0.25, -0.2) is 0 Å². The molecule has 0 aliphatic heterocycles. The Morgan fingerprint density at radius 1 is 1.53 bits per heavy atom. The Balaban J connectivity index is 2.50. The van der Waals surface area contributed by atoms with Crippen LogP contribution in [0.5, 0.6) is 0 Å². The Morgan fingerprint density at radius 3 is 2.82 bits per heavy atom. The van der Waals surface area contributed by atoms with Crippen LogP contribution in [-0.2, 0) is 0 Å². The minimum atomic E-state index is -0.325. The molecule has 1 atom stereocenters. The third-order valence-corrected chi connectivity index (χ3v) is 3.86. The number of hydrogen-bond acceptors (Lipinski definition) is 2. The van der Waals surface area contributed by atoms with Crippen molar-refractivity contribution in [2.45, 2.75) is 32.8 Å². The van der Waals surface area contributed by atoms with Gasteiger partial charge in [0.15, 0.2) is 0 Å². The zero-order chi connectivity index (χ0) is 12.8.